The topological polar surface area (TPSA) is 105 Å². The summed E-state index contributed by atoms with van der Waals surface area (Å²) in [6, 6.07) is 15.2. The number of carbonyl (C=O) groups is 3. The molecule has 3 rings (SSSR count). The molecule has 0 fully saturated rings. The van der Waals surface area contributed by atoms with Crippen LogP contribution in [0, 0.1) is 11.3 Å². The van der Waals surface area contributed by atoms with Gasteiger partial charge in [-0.25, -0.2) is 4.79 Å². The standard InChI is InChI=1S/C26H32N2O5/c1-16(24(30)31)28-23(29)17(13-26(2,3)4)14-27-25(32)33-15-22-20-11-7-5-9-18(20)19-10-6-8-12-21(19)22/h5-12,16-17,22H,13-15H2,1-4H3,(H,27,32)(H,28,29)(H,30,31)/t16-,17?/m1/s1. The van der Waals surface area contributed by atoms with E-state index in [2.05, 4.69) is 34.9 Å². The largest absolute Gasteiger partial charge is 0.480 e. The van der Waals surface area contributed by atoms with Crippen molar-refractivity contribution in [3.05, 3.63) is 59.7 Å². The highest BCUT2D eigenvalue weighted by Gasteiger charge is 2.30. The zero-order chi connectivity index (χ0) is 24.2. The van der Waals surface area contributed by atoms with Gasteiger partial charge < -0.3 is 20.5 Å². The number of aliphatic carboxylic acids is 1. The molecule has 2 aromatic rings. The number of fused-ring (bicyclic) bond motifs is 3. The molecule has 1 aliphatic rings. The minimum atomic E-state index is -1.11. The van der Waals surface area contributed by atoms with Crippen molar-refractivity contribution in [2.45, 2.75) is 46.1 Å². The molecule has 176 valence electrons. The van der Waals surface area contributed by atoms with Crippen LogP contribution in [-0.2, 0) is 14.3 Å². The lowest BCUT2D eigenvalue weighted by Gasteiger charge is -2.26. The summed E-state index contributed by atoms with van der Waals surface area (Å²) in [6.45, 7) is 7.62. The number of carbonyl (C=O) groups excluding carboxylic acids is 2. The van der Waals surface area contributed by atoms with Crippen LogP contribution < -0.4 is 10.6 Å². The Hall–Kier alpha value is -3.35. The maximum atomic E-state index is 12.6. The molecule has 0 aliphatic heterocycles. The first-order valence-electron chi connectivity index (χ1n) is 11.2. The van der Waals surface area contributed by atoms with E-state index < -0.39 is 29.9 Å². The lowest BCUT2D eigenvalue weighted by atomic mass is 9.84. The fraction of sp³-hybridized carbons (Fsp3) is 0.423. The van der Waals surface area contributed by atoms with E-state index in [-0.39, 0.29) is 24.5 Å². The van der Waals surface area contributed by atoms with Crippen molar-refractivity contribution in [1.29, 1.82) is 0 Å². The minimum Gasteiger partial charge on any atom is -0.480 e. The second kappa shape index (κ2) is 10.1. The number of nitrogens with one attached hydrogen (secondary N) is 2. The van der Waals surface area contributed by atoms with Crippen LogP contribution in [0.1, 0.15) is 51.2 Å². The number of hydrogen-bond donors (Lipinski definition) is 3. The first-order chi connectivity index (χ1) is 15.6. The summed E-state index contributed by atoms with van der Waals surface area (Å²) in [5.41, 5.74) is 4.36. The van der Waals surface area contributed by atoms with E-state index >= 15 is 0 Å². The number of carboxylic acids is 1. The molecule has 1 aliphatic carbocycles. The first-order valence-corrected chi connectivity index (χ1v) is 11.2. The Morgan fingerprint density at radius 3 is 2.06 bits per heavy atom. The van der Waals surface area contributed by atoms with Crippen molar-refractivity contribution in [1.82, 2.24) is 10.6 Å². The van der Waals surface area contributed by atoms with Crippen LogP contribution in [0.15, 0.2) is 48.5 Å². The van der Waals surface area contributed by atoms with E-state index in [1.807, 2.05) is 45.0 Å². The van der Waals surface area contributed by atoms with Crippen LogP contribution in [-0.4, -0.2) is 42.3 Å². The predicted molar refractivity (Wildman–Crippen MR) is 126 cm³/mol. The average molecular weight is 453 g/mol. The van der Waals surface area contributed by atoms with Gasteiger partial charge in [-0.05, 0) is 41.0 Å². The highest BCUT2D eigenvalue weighted by molar-refractivity contribution is 5.85. The third-order valence-electron chi connectivity index (χ3n) is 5.80. The number of carboxylic acid groups (broad SMARTS) is 1. The zero-order valence-electron chi connectivity index (χ0n) is 19.6. The number of alkyl carbamates (subject to hydrolysis) is 1. The number of hydrogen-bond acceptors (Lipinski definition) is 4. The lowest BCUT2D eigenvalue weighted by Crippen LogP contribution is -2.46. The van der Waals surface area contributed by atoms with E-state index in [1.54, 1.807) is 0 Å². The molecule has 7 nitrogen and oxygen atoms in total. The molecular formula is C26H32N2O5. The molecule has 0 aromatic heterocycles. The smallest absolute Gasteiger partial charge is 0.407 e. The summed E-state index contributed by atoms with van der Waals surface area (Å²) >= 11 is 0. The van der Waals surface area contributed by atoms with Gasteiger partial charge in [0.15, 0.2) is 0 Å². The van der Waals surface area contributed by atoms with Crippen molar-refractivity contribution in [2.24, 2.45) is 11.3 Å². The van der Waals surface area contributed by atoms with Crippen molar-refractivity contribution in [3.8, 4) is 11.1 Å². The maximum Gasteiger partial charge on any atom is 0.407 e. The predicted octanol–water partition coefficient (Wildman–Crippen LogP) is 4.17. The fourth-order valence-electron chi connectivity index (χ4n) is 4.25. The quantitative estimate of drug-likeness (QED) is 0.558. The van der Waals surface area contributed by atoms with Crippen LogP contribution in [0.25, 0.3) is 11.1 Å². The Balaban J connectivity index is 1.61. The fourth-order valence-corrected chi connectivity index (χ4v) is 4.25. The van der Waals surface area contributed by atoms with Crippen molar-refractivity contribution < 1.29 is 24.2 Å². The first kappa shape index (κ1) is 24.3. The van der Waals surface area contributed by atoms with Gasteiger partial charge in [0.1, 0.15) is 12.6 Å². The molecule has 2 aromatic carbocycles. The van der Waals surface area contributed by atoms with E-state index in [0.29, 0.717) is 6.42 Å². The second-order valence-electron chi connectivity index (χ2n) is 9.74. The average Bonchev–Trinajstić information content (AvgIpc) is 3.08. The summed E-state index contributed by atoms with van der Waals surface area (Å²) in [7, 11) is 0. The van der Waals surface area contributed by atoms with Crippen LogP contribution in [0.4, 0.5) is 4.79 Å². The summed E-state index contributed by atoms with van der Waals surface area (Å²) in [6.07, 6.45) is -0.121. The third-order valence-corrected chi connectivity index (χ3v) is 5.80. The van der Waals surface area contributed by atoms with E-state index in [4.69, 9.17) is 9.84 Å². The van der Waals surface area contributed by atoms with Crippen molar-refractivity contribution >= 4 is 18.0 Å². The molecule has 2 amide bonds. The molecule has 0 saturated carbocycles. The lowest BCUT2D eigenvalue weighted by molar-refractivity contribution is -0.142. The maximum absolute atomic E-state index is 12.6. The molecule has 1 unspecified atom stereocenters. The van der Waals surface area contributed by atoms with Crippen LogP contribution in [0.3, 0.4) is 0 Å². The molecule has 0 saturated heterocycles. The Morgan fingerprint density at radius 1 is 1.00 bits per heavy atom. The Kier molecular flexibility index (Phi) is 7.41. The number of ether oxygens (including phenoxy) is 1. The Labute approximate surface area is 194 Å². The highest BCUT2D eigenvalue weighted by Crippen LogP contribution is 2.44. The normalized spacial score (nSPS) is 14.5. The van der Waals surface area contributed by atoms with Crippen molar-refractivity contribution in [2.75, 3.05) is 13.2 Å². The van der Waals surface area contributed by atoms with Crippen LogP contribution in [0.5, 0.6) is 0 Å². The SMILES string of the molecule is C[C@@H](NC(=O)C(CNC(=O)OCC1c2ccccc2-c2ccccc21)CC(C)(C)C)C(=O)O. The summed E-state index contributed by atoms with van der Waals surface area (Å²) in [5.74, 6) is -2.14. The molecule has 0 spiro atoms. The van der Waals surface area contributed by atoms with Gasteiger partial charge in [0.25, 0.3) is 0 Å². The summed E-state index contributed by atoms with van der Waals surface area (Å²) in [5, 5.41) is 14.3. The molecule has 0 bridgehead atoms. The minimum absolute atomic E-state index is 0.0479. The Morgan fingerprint density at radius 2 is 1.55 bits per heavy atom. The molecule has 0 heterocycles. The highest BCUT2D eigenvalue weighted by atomic mass is 16.5. The monoisotopic (exact) mass is 452 g/mol. The second-order valence-corrected chi connectivity index (χ2v) is 9.74. The van der Waals surface area contributed by atoms with E-state index in [1.165, 1.54) is 6.92 Å². The molecule has 33 heavy (non-hydrogen) atoms. The molecule has 2 atom stereocenters. The van der Waals surface area contributed by atoms with Gasteiger partial charge in [-0.1, -0.05) is 69.3 Å². The summed E-state index contributed by atoms with van der Waals surface area (Å²) < 4.78 is 5.54. The third kappa shape index (κ3) is 6.12. The van der Waals surface area contributed by atoms with Gasteiger partial charge >= 0.3 is 12.1 Å². The zero-order valence-corrected chi connectivity index (χ0v) is 19.6. The van der Waals surface area contributed by atoms with Gasteiger partial charge in [-0.2, -0.15) is 0 Å². The molecule has 7 heteroatoms. The van der Waals surface area contributed by atoms with Crippen LogP contribution in [0.2, 0.25) is 0 Å². The van der Waals surface area contributed by atoms with Gasteiger partial charge in [-0.15, -0.1) is 0 Å². The van der Waals surface area contributed by atoms with E-state index in [9.17, 15) is 14.4 Å². The van der Waals surface area contributed by atoms with Gasteiger partial charge in [0, 0.05) is 12.5 Å². The van der Waals surface area contributed by atoms with Crippen molar-refractivity contribution in [3.63, 3.8) is 0 Å². The number of rotatable bonds is 8. The Bertz CT molecular complexity index is 982. The van der Waals surface area contributed by atoms with Gasteiger partial charge in [-0.3, -0.25) is 9.59 Å². The van der Waals surface area contributed by atoms with Gasteiger partial charge in [0.05, 0.1) is 5.92 Å². The molecule has 3 N–H and O–H groups in total. The number of benzene rings is 2. The summed E-state index contributed by atoms with van der Waals surface area (Å²) in [4.78, 5) is 36.2. The molecule has 0 radical (unpaired) electrons. The van der Waals surface area contributed by atoms with E-state index in [0.717, 1.165) is 22.3 Å². The number of amides is 2. The van der Waals surface area contributed by atoms with Gasteiger partial charge in [0.2, 0.25) is 5.91 Å². The molecular weight excluding hydrogens is 420 g/mol. The van der Waals surface area contributed by atoms with Crippen LogP contribution >= 0.6 is 0 Å².